The second kappa shape index (κ2) is 6.91. The minimum absolute atomic E-state index is 0.0362. The van der Waals surface area contributed by atoms with E-state index in [4.69, 9.17) is 11.6 Å². The van der Waals surface area contributed by atoms with E-state index in [2.05, 4.69) is 38.8 Å². The van der Waals surface area contributed by atoms with Crippen LogP contribution in [-0.4, -0.2) is 14.5 Å². The van der Waals surface area contributed by atoms with Crippen molar-refractivity contribution in [2.24, 2.45) is 0 Å². The van der Waals surface area contributed by atoms with Crippen molar-refractivity contribution < 1.29 is 0 Å². The summed E-state index contributed by atoms with van der Waals surface area (Å²) < 4.78 is 2.04. The fourth-order valence-electron chi connectivity index (χ4n) is 2.84. The Morgan fingerprint density at radius 2 is 1.88 bits per heavy atom. The molecule has 1 aromatic carbocycles. The molecule has 1 saturated heterocycles. The van der Waals surface area contributed by atoms with E-state index in [1.165, 1.54) is 0 Å². The number of hydrogen-bond acceptors (Lipinski definition) is 6. The molecule has 0 amide bonds. The molecule has 0 aliphatic carbocycles. The lowest BCUT2D eigenvalue weighted by molar-refractivity contribution is 0.554. The van der Waals surface area contributed by atoms with E-state index in [0.717, 1.165) is 27.5 Å². The van der Waals surface area contributed by atoms with E-state index in [1.54, 1.807) is 6.20 Å². The van der Waals surface area contributed by atoms with Crippen LogP contribution in [0.1, 0.15) is 30.3 Å². The minimum atomic E-state index is -0.0362. The van der Waals surface area contributed by atoms with Gasteiger partial charge in [0, 0.05) is 17.4 Å². The third-order valence-electron chi connectivity index (χ3n) is 4.28. The fourth-order valence-corrected chi connectivity index (χ4v) is 3.13. The number of nitrogens with one attached hydrogen (secondary N) is 4. The average Bonchev–Trinajstić information content (AvgIpc) is 3.34. The van der Waals surface area contributed by atoms with E-state index < -0.39 is 0 Å². The minimum Gasteiger partial charge on any atom is -0.329 e. The van der Waals surface area contributed by atoms with Gasteiger partial charge in [0.05, 0.1) is 18.1 Å². The van der Waals surface area contributed by atoms with E-state index in [9.17, 15) is 0 Å². The first-order valence-corrected chi connectivity index (χ1v) is 8.35. The monoisotopic (exact) mass is 355 g/mol. The van der Waals surface area contributed by atoms with Crippen molar-refractivity contribution in [2.75, 3.05) is 0 Å². The number of rotatable bonds is 4. The van der Waals surface area contributed by atoms with Crippen LogP contribution in [0.25, 0.3) is 11.4 Å². The van der Waals surface area contributed by atoms with Gasteiger partial charge in [-0.15, -0.1) is 0 Å². The van der Waals surface area contributed by atoms with E-state index in [0.29, 0.717) is 0 Å². The zero-order chi connectivity index (χ0) is 17.2. The van der Waals surface area contributed by atoms with Gasteiger partial charge in [0.15, 0.2) is 0 Å². The number of halogens is 1. The standard InChI is InChI=1S/C17H18ClN7/c1-11(13-4-2-3-5-14(13)18)25-9-16(20-10-25)15-8-12(6-7-19-15)17-21-23-24-22-17/h2-11,17,21-24H,1H3. The Balaban J connectivity index is 1.61. The lowest BCUT2D eigenvalue weighted by atomic mass is 10.1. The summed E-state index contributed by atoms with van der Waals surface area (Å²) in [5.74, 6) is 0. The Hall–Kier alpha value is -2.29. The zero-order valence-electron chi connectivity index (χ0n) is 13.6. The van der Waals surface area contributed by atoms with Gasteiger partial charge >= 0.3 is 0 Å². The highest BCUT2D eigenvalue weighted by Crippen LogP contribution is 2.27. The molecule has 3 aromatic rings. The molecule has 128 valence electrons. The van der Waals surface area contributed by atoms with Gasteiger partial charge in [-0.2, -0.15) is 11.1 Å². The van der Waals surface area contributed by atoms with E-state index in [1.807, 2.05) is 53.5 Å². The molecule has 7 nitrogen and oxygen atoms in total. The number of aromatic nitrogens is 3. The Morgan fingerprint density at radius 1 is 1.08 bits per heavy atom. The van der Waals surface area contributed by atoms with E-state index in [-0.39, 0.29) is 12.2 Å². The summed E-state index contributed by atoms with van der Waals surface area (Å²) in [4.78, 5) is 8.96. The van der Waals surface area contributed by atoms with Gasteiger partial charge < -0.3 is 4.57 Å². The Labute approximate surface area is 150 Å². The summed E-state index contributed by atoms with van der Waals surface area (Å²) in [6.45, 7) is 2.10. The summed E-state index contributed by atoms with van der Waals surface area (Å²) in [7, 11) is 0. The maximum Gasteiger partial charge on any atom is 0.111 e. The quantitative estimate of drug-likeness (QED) is 0.575. The molecule has 3 heterocycles. The van der Waals surface area contributed by atoms with Crippen LogP contribution in [-0.2, 0) is 0 Å². The highest BCUT2D eigenvalue weighted by molar-refractivity contribution is 6.31. The molecule has 0 saturated carbocycles. The number of benzene rings is 1. The predicted octanol–water partition coefficient (Wildman–Crippen LogP) is 2.32. The van der Waals surface area contributed by atoms with Crippen LogP contribution < -0.4 is 21.9 Å². The zero-order valence-corrected chi connectivity index (χ0v) is 14.3. The lowest BCUT2D eigenvalue weighted by Gasteiger charge is -2.14. The third-order valence-corrected chi connectivity index (χ3v) is 4.62. The van der Waals surface area contributed by atoms with Gasteiger partial charge in [-0.25, -0.2) is 15.8 Å². The summed E-state index contributed by atoms with van der Waals surface area (Å²) in [5, 5.41) is 0.753. The van der Waals surface area contributed by atoms with Crippen LogP contribution in [0.3, 0.4) is 0 Å². The second-order valence-corrected chi connectivity index (χ2v) is 6.26. The summed E-state index contributed by atoms with van der Waals surface area (Å²) in [6, 6.07) is 11.9. The van der Waals surface area contributed by atoms with Gasteiger partial charge in [0.1, 0.15) is 11.9 Å². The molecule has 0 radical (unpaired) electrons. The van der Waals surface area contributed by atoms with Crippen LogP contribution in [0.2, 0.25) is 5.02 Å². The van der Waals surface area contributed by atoms with Crippen LogP contribution in [0.5, 0.6) is 0 Å². The molecule has 0 bridgehead atoms. The van der Waals surface area contributed by atoms with Crippen LogP contribution in [0, 0.1) is 0 Å². The van der Waals surface area contributed by atoms with Crippen LogP contribution in [0.15, 0.2) is 55.1 Å². The molecule has 1 atom stereocenters. The van der Waals surface area contributed by atoms with Crippen molar-refractivity contribution in [3.8, 4) is 11.4 Å². The molecule has 4 rings (SSSR count). The van der Waals surface area contributed by atoms with Crippen LogP contribution in [0.4, 0.5) is 0 Å². The van der Waals surface area contributed by atoms with Gasteiger partial charge in [0.2, 0.25) is 0 Å². The molecule has 2 aromatic heterocycles. The smallest absolute Gasteiger partial charge is 0.111 e. The molecule has 1 aliphatic rings. The lowest BCUT2D eigenvalue weighted by Crippen LogP contribution is -2.33. The maximum atomic E-state index is 6.31. The molecule has 1 aliphatic heterocycles. The van der Waals surface area contributed by atoms with Crippen molar-refractivity contribution in [3.05, 3.63) is 71.3 Å². The van der Waals surface area contributed by atoms with E-state index >= 15 is 0 Å². The normalized spacial score (nSPS) is 16.2. The average molecular weight is 356 g/mol. The highest BCUT2D eigenvalue weighted by atomic mass is 35.5. The summed E-state index contributed by atoms with van der Waals surface area (Å²) >= 11 is 6.31. The summed E-state index contributed by atoms with van der Waals surface area (Å²) in [6.07, 6.45) is 5.55. The number of hydrazine groups is 3. The number of imidazole rings is 1. The fraction of sp³-hybridized carbons (Fsp3) is 0.176. The maximum absolute atomic E-state index is 6.31. The van der Waals surface area contributed by atoms with Crippen LogP contribution >= 0.6 is 11.6 Å². The molecule has 8 heteroatoms. The number of nitrogens with zero attached hydrogens (tertiary/aromatic N) is 3. The first kappa shape index (κ1) is 16.2. The second-order valence-electron chi connectivity index (χ2n) is 5.85. The Bertz CT molecular complexity index is 873. The molecule has 1 fully saturated rings. The molecule has 0 spiro atoms. The summed E-state index contributed by atoms with van der Waals surface area (Å²) in [5.41, 5.74) is 15.5. The predicted molar refractivity (Wildman–Crippen MR) is 96.0 cm³/mol. The number of hydrogen-bond donors (Lipinski definition) is 4. The van der Waals surface area contributed by atoms with Crippen molar-refractivity contribution in [1.82, 2.24) is 36.5 Å². The molecular formula is C17H18ClN7. The van der Waals surface area contributed by atoms with Crippen molar-refractivity contribution >= 4 is 11.6 Å². The van der Waals surface area contributed by atoms with Gasteiger partial charge in [-0.05, 0) is 36.2 Å². The van der Waals surface area contributed by atoms with Crippen molar-refractivity contribution in [2.45, 2.75) is 19.1 Å². The molecular weight excluding hydrogens is 338 g/mol. The molecule has 4 N–H and O–H groups in total. The van der Waals surface area contributed by atoms with Gasteiger partial charge in [0.25, 0.3) is 0 Å². The Kier molecular flexibility index (Phi) is 4.48. The molecule has 25 heavy (non-hydrogen) atoms. The first-order chi connectivity index (χ1) is 12.2. The van der Waals surface area contributed by atoms with Crippen molar-refractivity contribution in [1.29, 1.82) is 0 Å². The van der Waals surface area contributed by atoms with Gasteiger partial charge in [-0.3, -0.25) is 4.98 Å². The first-order valence-electron chi connectivity index (χ1n) is 7.97. The Morgan fingerprint density at radius 3 is 2.68 bits per heavy atom. The largest absolute Gasteiger partial charge is 0.329 e. The van der Waals surface area contributed by atoms with Crippen molar-refractivity contribution in [3.63, 3.8) is 0 Å². The number of pyridine rings is 1. The third kappa shape index (κ3) is 3.28. The topological polar surface area (TPSA) is 78.8 Å². The SMILES string of the molecule is CC(c1ccccc1Cl)n1cnc(-c2cc(C3NNNN3)ccn2)c1. The van der Waals surface area contributed by atoms with Gasteiger partial charge in [-0.1, -0.05) is 29.8 Å². The molecule has 1 unspecified atom stereocenters. The highest BCUT2D eigenvalue weighted by Gasteiger charge is 2.17.